The molecule has 1 aromatic rings. The number of likely N-dealkylation sites (tertiary alicyclic amines) is 1. The summed E-state index contributed by atoms with van der Waals surface area (Å²) in [6.45, 7) is 0.926. The summed E-state index contributed by atoms with van der Waals surface area (Å²) in [5.74, 6) is 0.647. The minimum atomic E-state index is -3.47. The van der Waals surface area contributed by atoms with Gasteiger partial charge in [0.15, 0.2) is 0 Å². The van der Waals surface area contributed by atoms with Crippen LogP contribution in [0.15, 0.2) is 29.2 Å². The molecule has 1 aromatic carbocycles. The maximum atomic E-state index is 12.3. The first kappa shape index (κ1) is 14.3. The molecule has 19 heavy (non-hydrogen) atoms. The highest BCUT2D eigenvalue weighted by molar-refractivity contribution is 7.89. The van der Waals surface area contributed by atoms with Gasteiger partial charge in [-0.3, -0.25) is 4.90 Å². The second-order valence-electron chi connectivity index (χ2n) is 4.79. The van der Waals surface area contributed by atoms with Crippen LogP contribution in [0.2, 0.25) is 0 Å². The summed E-state index contributed by atoms with van der Waals surface area (Å²) in [6, 6.07) is 6.42. The number of nitrogens with one attached hydrogen (secondary N) is 1. The lowest BCUT2D eigenvalue weighted by Crippen LogP contribution is -2.48. The molecular weight excluding hydrogens is 264 g/mol. The van der Waals surface area contributed by atoms with Crippen molar-refractivity contribution in [1.29, 1.82) is 0 Å². The molecule has 1 fully saturated rings. The van der Waals surface area contributed by atoms with E-state index in [2.05, 4.69) is 4.72 Å². The van der Waals surface area contributed by atoms with E-state index >= 15 is 0 Å². The summed E-state index contributed by atoms with van der Waals surface area (Å²) in [6.07, 6.45) is 2.92. The minimum Gasteiger partial charge on any atom is -0.497 e. The van der Waals surface area contributed by atoms with Crippen molar-refractivity contribution in [3.8, 4) is 5.75 Å². The average molecular weight is 284 g/mol. The molecule has 0 radical (unpaired) electrons. The number of nitrogens with zero attached hydrogens (tertiary/aromatic N) is 1. The van der Waals surface area contributed by atoms with Crippen molar-refractivity contribution >= 4 is 10.0 Å². The molecule has 0 aromatic heterocycles. The number of rotatable bonds is 4. The first-order chi connectivity index (χ1) is 9.03. The first-order valence-electron chi connectivity index (χ1n) is 6.39. The molecule has 2 rings (SSSR count). The number of sulfonamides is 1. The minimum absolute atomic E-state index is 0.110. The summed E-state index contributed by atoms with van der Waals surface area (Å²) in [7, 11) is 0.0341. The zero-order chi connectivity index (χ0) is 13.9. The van der Waals surface area contributed by atoms with Crippen LogP contribution in [-0.2, 0) is 10.0 Å². The zero-order valence-electron chi connectivity index (χ0n) is 11.3. The lowest BCUT2D eigenvalue weighted by Gasteiger charge is -2.32. The van der Waals surface area contributed by atoms with Gasteiger partial charge < -0.3 is 4.74 Å². The highest BCUT2D eigenvalue weighted by atomic mass is 32.2. The van der Waals surface area contributed by atoms with Crippen molar-refractivity contribution in [3.63, 3.8) is 0 Å². The van der Waals surface area contributed by atoms with Crippen molar-refractivity contribution in [3.05, 3.63) is 24.3 Å². The molecule has 5 nitrogen and oxygen atoms in total. The van der Waals surface area contributed by atoms with Crippen LogP contribution in [-0.4, -0.2) is 40.2 Å². The Hall–Kier alpha value is -1.11. The second kappa shape index (κ2) is 5.90. The first-order valence-corrected chi connectivity index (χ1v) is 7.88. The van der Waals surface area contributed by atoms with E-state index in [9.17, 15) is 8.42 Å². The number of piperidine rings is 1. The standard InChI is InChI=1S/C13H20N2O3S/c1-15-10-4-3-5-13(15)14-19(16,17)12-8-6-11(18-2)7-9-12/h6-9,13-14H,3-5,10H2,1-2H3. The van der Waals surface area contributed by atoms with E-state index in [-0.39, 0.29) is 11.1 Å². The van der Waals surface area contributed by atoms with Crippen molar-refractivity contribution < 1.29 is 13.2 Å². The number of ether oxygens (including phenoxy) is 1. The van der Waals surface area contributed by atoms with Crippen LogP contribution in [0.3, 0.4) is 0 Å². The van der Waals surface area contributed by atoms with Crippen LogP contribution in [0.1, 0.15) is 19.3 Å². The Bertz CT molecular complexity index is 513. The molecule has 1 aliphatic heterocycles. The van der Waals surface area contributed by atoms with Crippen LogP contribution < -0.4 is 9.46 Å². The quantitative estimate of drug-likeness (QED) is 0.908. The normalized spacial score (nSPS) is 21.3. The molecule has 0 amide bonds. The number of hydrogen-bond acceptors (Lipinski definition) is 4. The van der Waals surface area contributed by atoms with Gasteiger partial charge in [0, 0.05) is 0 Å². The molecule has 0 aliphatic carbocycles. The molecular formula is C13H20N2O3S. The molecule has 0 spiro atoms. The van der Waals surface area contributed by atoms with E-state index in [1.54, 1.807) is 31.4 Å². The fourth-order valence-corrected chi connectivity index (χ4v) is 3.51. The predicted molar refractivity (Wildman–Crippen MR) is 73.6 cm³/mol. The number of hydrogen-bond donors (Lipinski definition) is 1. The van der Waals surface area contributed by atoms with E-state index in [1.165, 1.54) is 0 Å². The molecule has 0 bridgehead atoms. The Labute approximate surface area is 114 Å². The van der Waals surface area contributed by atoms with E-state index in [4.69, 9.17) is 4.74 Å². The third kappa shape index (κ3) is 3.46. The SMILES string of the molecule is COc1ccc(S(=O)(=O)NC2CCCCN2C)cc1. The van der Waals surface area contributed by atoms with Gasteiger partial charge in [-0.15, -0.1) is 0 Å². The van der Waals surface area contributed by atoms with Gasteiger partial charge in [0.25, 0.3) is 0 Å². The second-order valence-corrected chi connectivity index (χ2v) is 6.50. The Morgan fingerprint density at radius 1 is 1.26 bits per heavy atom. The average Bonchev–Trinajstić information content (AvgIpc) is 2.41. The van der Waals surface area contributed by atoms with Gasteiger partial charge in [-0.25, -0.2) is 8.42 Å². The zero-order valence-corrected chi connectivity index (χ0v) is 12.1. The molecule has 1 heterocycles. The van der Waals surface area contributed by atoms with Crippen molar-refractivity contribution in [2.24, 2.45) is 0 Å². The van der Waals surface area contributed by atoms with Gasteiger partial charge in [0.2, 0.25) is 10.0 Å². The third-order valence-electron chi connectivity index (χ3n) is 3.43. The van der Waals surface area contributed by atoms with Crippen molar-refractivity contribution in [2.75, 3.05) is 20.7 Å². The Morgan fingerprint density at radius 3 is 2.53 bits per heavy atom. The fourth-order valence-electron chi connectivity index (χ4n) is 2.23. The monoisotopic (exact) mass is 284 g/mol. The third-order valence-corrected chi connectivity index (χ3v) is 4.91. The highest BCUT2D eigenvalue weighted by Crippen LogP contribution is 2.18. The van der Waals surface area contributed by atoms with Crippen LogP contribution in [0.25, 0.3) is 0 Å². The molecule has 1 N–H and O–H groups in total. The molecule has 0 saturated carbocycles. The highest BCUT2D eigenvalue weighted by Gasteiger charge is 2.25. The maximum absolute atomic E-state index is 12.3. The molecule has 1 aliphatic rings. The van der Waals surface area contributed by atoms with Gasteiger partial charge in [-0.2, -0.15) is 4.72 Å². The van der Waals surface area contributed by atoms with E-state index in [1.807, 2.05) is 11.9 Å². The number of benzene rings is 1. The Balaban J connectivity index is 2.12. The lowest BCUT2D eigenvalue weighted by molar-refractivity contribution is 0.175. The van der Waals surface area contributed by atoms with Gasteiger partial charge in [0.05, 0.1) is 18.2 Å². The summed E-state index contributed by atoms with van der Waals surface area (Å²) in [5.41, 5.74) is 0. The van der Waals surface area contributed by atoms with Crippen LogP contribution in [0, 0.1) is 0 Å². The molecule has 1 unspecified atom stereocenters. The molecule has 1 saturated heterocycles. The number of methoxy groups -OCH3 is 1. The Morgan fingerprint density at radius 2 is 1.95 bits per heavy atom. The summed E-state index contributed by atoms with van der Waals surface area (Å²) >= 11 is 0. The molecule has 1 atom stereocenters. The summed E-state index contributed by atoms with van der Waals surface area (Å²) in [4.78, 5) is 2.32. The smallest absolute Gasteiger partial charge is 0.241 e. The van der Waals surface area contributed by atoms with E-state index in [0.717, 1.165) is 25.8 Å². The topological polar surface area (TPSA) is 58.6 Å². The van der Waals surface area contributed by atoms with Crippen LogP contribution in [0.5, 0.6) is 5.75 Å². The van der Waals surface area contributed by atoms with Crippen LogP contribution in [0.4, 0.5) is 0 Å². The lowest BCUT2D eigenvalue weighted by atomic mass is 10.1. The maximum Gasteiger partial charge on any atom is 0.241 e. The van der Waals surface area contributed by atoms with Gasteiger partial charge in [-0.05, 0) is 57.1 Å². The fraction of sp³-hybridized carbons (Fsp3) is 0.538. The molecule has 6 heteroatoms. The van der Waals surface area contributed by atoms with Crippen molar-refractivity contribution in [2.45, 2.75) is 30.3 Å². The van der Waals surface area contributed by atoms with Gasteiger partial charge in [-0.1, -0.05) is 0 Å². The largest absolute Gasteiger partial charge is 0.497 e. The predicted octanol–water partition coefficient (Wildman–Crippen LogP) is 1.42. The van der Waals surface area contributed by atoms with Crippen molar-refractivity contribution in [1.82, 2.24) is 9.62 Å². The Kier molecular flexibility index (Phi) is 4.44. The summed E-state index contributed by atoms with van der Waals surface area (Å²) in [5, 5.41) is 0. The van der Waals surface area contributed by atoms with Gasteiger partial charge >= 0.3 is 0 Å². The van der Waals surface area contributed by atoms with E-state index in [0.29, 0.717) is 5.75 Å². The van der Waals surface area contributed by atoms with E-state index < -0.39 is 10.0 Å². The van der Waals surface area contributed by atoms with Gasteiger partial charge in [0.1, 0.15) is 5.75 Å². The van der Waals surface area contributed by atoms with Crippen LogP contribution >= 0.6 is 0 Å². The molecule has 106 valence electrons. The summed E-state index contributed by atoms with van der Waals surface area (Å²) < 4.78 is 32.3.